The Morgan fingerprint density at radius 2 is 1.69 bits per heavy atom. The van der Waals surface area contributed by atoms with Crippen LogP contribution in [0.1, 0.15) is 61.0 Å². The van der Waals surface area contributed by atoms with Crippen LogP contribution < -0.4 is 5.32 Å². The van der Waals surface area contributed by atoms with Crippen LogP contribution in [0.4, 0.5) is 0 Å². The zero-order valence-electron chi connectivity index (χ0n) is 17.0. The number of ketones is 1. The topological polar surface area (TPSA) is 55.4 Å². The van der Waals surface area contributed by atoms with Gasteiger partial charge in [-0.05, 0) is 42.0 Å². The van der Waals surface area contributed by atoms with Gasteiger partial charge in [0.05, 0.1) is 6.10 Å². The molecular formula is C25H29NO3. The molecule has 3 rings (SSSR count). The molecule has 2 aromatic rings. The average Bonchev–Trinajstić information content (AvgIpc) is 2.71. The minimum atomic E-state index is -0.168. The molecule has 1 unspecified atom stereocenters. The van der Waals surface area contributed by atoms with Gasteiger partial charge in [-0.15, -0.1) is 0 Å². The predicted octanol–water partition coefficient (Wildman–Crippen LogP) is 4.74. The predicted molar refractivity (Wildman–Crippen MR) is 116 cm³/mol. The van der Waals surface area contributed by atoms with E-state index in [-0.39, 0.29) is 24.4 Å². The van der Waals surface area contributed by atoms with Crippen molar-refractivity contribution in [3.63, 3.8) is 0 Å². The number of amides is 1. The highest BCUT2D eigenvalue weighted by atomic mass is 16.5. The van der Waals surface area contributed by atoms with Crippen molar-refractivity contribution in [3.8, 4) is 0 Å². The Kier molecular flexibility index (Phi) is 7.77. The number of nitrogens with one attached hydrogen (secondary N) is 1. The Balaban J connectivity index is 1.56. The van der Waals surface area contributed by atoms with Crippen molar-refractivity contribution in [2.75, 3.05) is 13.2 Å². The quantitative estimate of drug-likeness (QED) is 0.629. The van der Waals surface area contributed by atoms with Gasteiger partial charge in [0.15, 0.2) is 0 Å². The zero-order chi connectivity index (χ0) is 20.5. The number of hydrogen-bond acceptors (Lipinski definition) is 3. The third kappa shape index (κ3) is 6.40. The van der Waals surface area contributed by atoms with Gasteiger partial charge in [-0.2, -0.15) is 0 Å². The molecule has 4 nitrogen and oxygen atoms in total. The Morgan fingerprint density at radius 1 is 0.966 bits per heavy atom. The summed E-state index contributed by atoms with van der Waals surface area (Å²) in [7, 11) is 0. The molecule has 29 heavy (non-hydrogen) atoms. The van der Waals surface area contributed by atoms with Crippen molar-refractivity contribution < 1.29 is 14.3 Å². The van der Waals surface area contributed by atoms with Gasteiger partial charge >= 0.3 is 0 Å². The molecule has 2 aromatic carbocycles. The van der Waals surface area contributed by atoms with Crippen molar-refractivity contribution in [3.05, 3.63) is 70.8 Å². The third-order valence-electron chi connectivity index (χ3n) is 5.19. The standard InChI is InChI=1S/C25H29NO3/c1-19(27)9-3-2-8-16-26-25(28)18-29-24-17-22-12-5-4-10-20(22)14-15-21-11-6-7-13-23(21)24/h4-7,10-15,24H,2-3,8-9,16-18H2,1H3,(H,26,28)/b15-14-. The molecular weight excluding hydrogens is 362 g/mol. The van der Waals surface area contributed by atoms with Crippen molar-refractivity contribution in [1.82, 2.24) is 5.32 Å². The van der Waals surface area contributed by atoms with Gasteiger partial charge in [0, 0.05) is 19.4 Å². The fraction of sp³-hybridized carbons (Fsp3) is 0.360. The van der Waals surface area contributed by atoms with Crippen molar-refractivity contribution in [2.24, 2.45) is 0 Å². The van der Waals surface area contributed by atoms with Crippen LogP contribution in [0.25, 0.3) is 12.2 Å². The second kappa shape index (κ2) is 10.7. The maximum Gasteiger partial charge on any atom is 0.246 e. The van der Waals surface area contributed by atoms with Gasteiger partial charge in [-0.25, -0.2) is 0 Å². The van der Waals surface area contributed by atoms with Gasteiger partial charge in [0.25, 0.3) is 0 Å². The summed E-state index contributed by atoms with van der Waals surface area (Å²) in [6, 6.07) is 16.5. The molecule has 0 spiro atoms. The fourth-order valence-electron chi connectivity index (χ4n) is 3.61. The van der Waals surface area contributed by atoms with E-state index >= 15 is 0 Å². The minimum absolute atomic E-state index is 0.0400. The molecule has 4 heteroatoms. The number of unbranched alkanes of at least 4 members (excludes halogenated alkanes) is 2. The number of ether oxygens (including phenoxy) is 1. The van der Waals surface area contributed by atoms with Crippen molar-refractivity contribution in [1.29, 1.82) is 0 Å². The summed E-state index contributed by atoms with van der Waals surface area (Å²) in [5.41, 5.74) is 4.63. The number of benzene rings is 2. The number of rotatable bonds is 9. The molecule has 0 radical (unpaired) electrons. The molecule has 0 aromatic heterocycles. The molecule has 152 valence electrons. The number of fused-ring (bicyclic) bond motifs is 2. The summed E-state index contributed by atoms with van der Waals surface area (Å²) in [5.74, 6) is 0.123. The maximum atomic E-state index is 12.2. The van der Waals surface area contributed by atoms with Crippen LogP contribution in [0.2, 0.25) is 0 Å². The zero-order valence-corrected chi connectivity index (χ0v) is 17.0. The summed E-state index contributed by atoms with van der Waals surface area (Å²) in [6.45, 7) is 2.27. The van der Waals surface area contributed by atoms with Crippen LogP contribution in [0.5, 0.6) is 0 Å². The van der Waals surface area contributed by atoms with E-state index in [1.165, 1.54) is 11.1 Å². The second-order valence-corrected chi connectivity index (χ2v) is 7.53. The van der Waals surface area contributed by atoms with Crippen LogP contribution in [-0.2, 0) is 20.7 Å². The molecule has 0 heterocycles. The molecule has 1 aliphatic carbocycles. The smallest absolute Gasteiger partial charge is 0.246 e. The molecule has 1 N–H and O–H groups in total. The van der Waals surface area contributed by atoms with Crippen LogP contribution >= 0.6 is 0 Å². The normalized spacial score (nSPS) is 16.1. The second-order valence-electron chi connectivity index (χ2n) is 7.53. The van der Waals surface area contributed by atoms with Gasteiger partial charge in [-0.1, -0.05) is 67.1 Å². The van der Waals surface area contributed by atoms with Crippen LogP contribution in [-0.4, -0.2) is 24.8 Å². The van der Waals surface area contributed by atoms with Crippen LogP contribution in [0.15, 0.2) is 48.5 Å². The SMILES string of the molecule is CC(=O)CCCCCNC(=O)COC1Cc2ccccc2/C=C\c2ccccc21. The number of Topliss-reactive ketones (excluding diaryl/α,β-unsaturated/α-hetero) is 1. The number of carbonyl (C=O) groups is 2. The molecule has 0 fully saturated rings. The Hall–Kier alpha value is -2.72. The monoisotopic (exact) mass is 391 g/mol. The van der Waals surface area contributed by atoms with Crippen molar-refractivity contribution in [2.45, 2.75) is 45.1 Å². The number of hydrogen-bond donors (Lipinski definition) is 1. The van der Waals surface area contributed by atoms with Gasteiger partial charge < -0.3 is 14.8 Å². The highest BCUT2D eigenvalue weighted by Crippen LogP contribution is 2.30. The summed E-state index contributed by atoms with van der Waals surface area (Å²) in [6.07, 6.45) is 8.15. The lowest BCUT2D eigenvalue weighted by atomic mass is 9.91. The van der Waals surface area contributed by atoms with E-state index in [9.17, 15) is 9.59 Å². The largest absolute Gasteiger partial charge is 0.363 e. The maximum absolute atomic E-state index is 12.2. The van der Waals surface area contributed by atoms with E-state index in [0.29, 0.717) is 13.0 Å². The summed E-state index contributed by atoms with van der Waals surface area (Å²) >= 11 is 0. The number of carbonyl (C=O) groups excluding carboxylic acids is 2. The minimum Gasteiger partial charge on any atom is -0.363 e. The van der Waals surface area contributed by atoms with E-state index in [2.05, 4.69) is 41.7 Å². The summed E-state index contributed by atoms with van der Waals surface area (Å²) in [4.78, 5) is 23.2. The molecule has 0 saturated carbocycles. The lowest BCUT2D eigenvalue weighted by Gasteiger charge is -2.23. The van der Waals surface area contributed by atoms with Crippen LogP contribution in [0.3, 0.4) is 0 Å². The highest BCUT2D eigenvalue weighted by Gasteiger charge is 2.20. The van der Waals surface area contributed by atoms with E-state index < -0.39 is 0 Å². The van der Waals surface area contributed by atoms with Crippen molar-refractivity contribution >= 4 is 23.8 Å². The molecule has 0 aliphatic heterocycles. The first-order valence-electron chi connectivity index (χ1n) is 10.4. The molecule has 1 aliphatic rings. The average molecular weight is 392 g/mol. The molecule has 0 saturated heterocycles. The molecule has 1 atom stereocenters. The van der Waals surface area contributed by atoms with E-state index in [1.807, 2.05) is 24.3 Å². The first-order valence-corrected chi connectivity index (χ1v) is 10.4. The van der Waals surface area contributed by atoms with Gasteiger partial charge in [0.2, 0.25) is 5.91 Å². The Morgan fingerprint density at radius 3 is 2.52 bits per heavy atom. The first-order chi connectivity index (χ1) is 14.1. The van der Waals surface area contributed by atoms with Gasteiger partial charge in [0.1, 0.15) is 12.4 Å². The van der Waals surface area contributed by atoms with E-state index in [1.54, 1.807) is 6.92 Å². The third-order valence-corrected chi connectivity index (χ3v) is 5.19. The Bertz CT molecular complexity index is 872. The summed E-state index contributed by atoms with van der Waals surface area (Å²) < 4.78 is 6.08. The lowest BCUT2D eigenvalue weighted by molar-refractivity contribution is -0.127. The fourth-order valence-corrected chi connectivity index (χ4v) is 3.61. The highest BCUT2D eigenvalue weighted by molar-refractivity contribution is 5.77. The Labute approximate surface area is 173 Å². The van der Waals surface area contributed by atoms with E-state index in [0.717, 1.165) is 36.8 Å². The van der Waals surface area contributed by atoms with E-state index in [4.69, 9.17) is 4.74 Å². The molecule has 0 bridgehead atoms. The summed E-state index contributed by atoms with van der Waals surface area (Å²) in [5, 5.41) is 2.92. The first kappa shape index (κ1) is 21.0. The van der Waals surface area contributed by atoms with Gasteiger partial charge in [-0.3, -0.25) is 4.79 Å². The lowest BCUT2D eigenvalue weighted by Crippen LogP contribution is -2.29. The molecule has 1 amide bonds. The van der Waals surface area contributed by atoms with Crippen LogP contribution in [0, 0.1) is 0 Å².